The molecule has 1 heterocycles. The molecule has 1 aliphatic heterocycles. The van der Waals surface area contributed by atoms with E-state index in [-0.39, 0.29) is 22.9 Å². The van der Waals surface area contributed by atoms with Crippen LogP contribution in [0.2, 0.25) is 0 Å². The third kappa shape index (κ3) is 8.20. The second kappa shape index (κ2) is 12.7. The van der Waals surface area contributed by atoms with Crippen molar-refractivity contribution in [1.82, 2.24) is 5.32 Å². The molecule has 1 N–H and O–H groups in total. The number of benzene rings is 2. The highest BCUT2D eigenvalue weighted by molar-refractivity contribution is 9.10. The molecule has 3 rings (SSSR count). The Morgan fingerprint density at radius 3 is 2.44 bits per heavy atom. The van der Waals surface area contributed by atoms with Crippen LogP contribution in [0.15, 0.2) is 51.8 Å². The first-order valence-electron chi connectivity index (χ1n) is 13.3. The van der Waals surface area contributed by atoms with Crippen molar-refractivity contribution in [3.05, 3.63) is 46.9 Å². The number of esters is 1. The zero-order valence-corrected chi connectivity index (χ0v) is 25.8. The molecule has 1 aliphatic rings. The van der Waals surface area contributed by atoms with E-state index < -0.39 is 39.3 Å². The number of halogens is 1. The lowest BCUT2D eigenvalue weighted by atomic mass is 9.81. The molecule has 0 aliphatic carbocycles. The van der Waals surface area contributed by atoms with Gasteiger partial charge in [0, 0.05) is 23.7 Å². The van der Waals surface area contributed by atoms with Crippen LogP contribution in [0, 0.1) is 5.41 Å². The van der Waals surface area contributed by atoms with Gasteiger partial charge in [0.25, 0.3) is 5.91 Å². The molecule has 1 amide bonds. The summed E-state index contributed by atoms with van der Waals surface area (Å²) < 4.78 is 39.2. The zero-order chi connectivity index (χ0) is 28.8. The monoisotopic (exact) mass is 622 g/mol. The average Bonchev–Trinajstić information content (AvgIpc) is 2.96. The van der Waals surface area contributed by atoms with Gasteiger partial charge < -0.3 is 19.7 Å². The maximum Gasteiger partial charge on any atom is 0.325 e. The van der Waals surface area contributed by atoms with Crippen molar-refractivity contribution in [3.8, 4) is 5.75 Å². The van der Waals surface area contributed by atoms with Gasteiger partial charge >= 0.3 is 5.97 Å². The molecular formula is C29H39BrN2O6S. The SMILES string of the molecule is CCCCC1(CC)CN(c2ccccc2)c2cc(Br)c(OCC(=O)NCC(=O)OC(C)(C)C)cc2S(=O)(=O)C1. The molecule has 1 unspecified atom stereocenters. The summed E-state index contributed by atoms with van der Waals surface area (Å²) in [6.45, 7) is 9.29. The Kier molecular flexibility index (Phi) is 10.1. The van der Waals surface area contributed by atoms with Crippen molar-refractivity contribution in [2.24, 2.45) is 5.41 Å². The van der Waals surface area contributed by atoms with Gasteiger partial charge in [-0.25, -0.2) is 8.42 Å². The van der Waals surface area contributed by atoms with E-state index in [1.165, 1.54) is 6.07 Å². The van der Waals surface area contributed by atoms with Crippen LogP contribution < -0.4 is 15.0 Å². The van der Waals surface area contributed by atoms with E-state index in [9.17, 15) is 18.0 Å². The molecule has 39 heavy (non-hydrogen) atoms. The highest BCUT2D eigenvalue weighted by Gasteiger charge is 2.41. The quantitative estimate of drug-likeness (QED) is 0.334. The number of nitrogens with zero attached hydrogens (tertiary/aromatic N) is 1. The first kappa shape index (κ1) is 30.9. The minimum Gasteiger partial charge on any atom is -0.483 e. The van der Waals surface area contributed by atoms with Crippen molar-refractivity contribution >= 4 is 49.0 Å². The summed E-state index contributed by atoms with van der Waals surface area (Å²) >= 11 is 3.52. The molecule has 0 aromatic heterocycles. The van der Waals surface area contributed by atoms with Crippen molar-refractivity contribution in [2.75, 3.05) is 30.3 Å². The van der Waals surface area contributed by atoms with Crippen LogP contribution in [-0.2, 0) is 24.2 Å². The molecule has 8 nitrogen and oxygen atoms in total. The van der Waals surface area contributed by atoms with Crippen LogP contribution in [0.1, 0.15) is 60.3 Å². The molecule has 214 valence electrons. The first-order chi connectivity index (χ1) is 18.3. The number of anilines is 2. The highest BCUT2D eigenvalue weighted by atomic mass is 79.9. The summed E-state index contributed by atoms with van der Waals surface area (Å²) in [6, 6.07) is 13.0. The van der Waals surface area contributed by atoms with Crippen LogP contribution in [0.25, 0.3) is 0 Å². The van der Waals surface area contributed by atoms with E-state index in [1.807, 2.05) is 30.3 Å². The minimum absolute atomic E-state index is 0.0320. The van der Waals surface area contributed by atoms with E-state index in [1.54, 1.807) is 26.8 Å². The average molecular weight is 624 g/mol. The number of carbonyl (C=O) groups excluding carboxylic acids is 2. The molecule has 0 saturated heterocycles. The predicted octanol–water partition coefficient (Wildman–Crippen LogP) is 5.80. The number of nitrogens with one attached hydrogen (secondary N) is 1. The minimum atomic E-state index is -3.69. The molecule has 10 heteroatoms. The van der Waals surface area contributed by atoms with E-state index in [2.05, 4.69) is 40.0 Å². The van der Waals surface area contributed by atoms with Gasteiger partial charge in [-0.15, -0.1) is 0 Å². The number of unbranched alkanes of at least 4 members (excludes halogenated alkanes) is 1. The van der Waals surface area contributed by atoms with Gasteiger partial charge in [-0.05, 0) is 67.7 Å². The number of fused-ring (bicyclic) bond motifs is 1. The van der Waals surface area contributed by atoms with Crippen molar-refractivity contribution in [1.29, 1.82) is 0 Å². The number of hydrogen-bond donors (Lipinski definition) is 1. The van der Waals surface area contributed by atoms with Crippen LogP contribution in [-0.4, -0.2) is 51.3 Å². The van der Waals surface area contributed by atoms with E-state index in [4.69, 9.17) is 9.47 Å². The molecule has 0 fully saturated rings. The van der Waals surface area contributed by atoms with E-state index in [0.29, 0.717) is 16.7 Å². The Bertz CT molecular complexity index is 1280. The van der Waals surface area contributed by atoms with E-state index >= 15 is 0 Å². The number of para-hydroxylation sites is 1. The van der Waals surface area contributed by atoms with Gasteiger partial charge in [0.1, 0.15) is 17.9 Å². The lowest BCUT2D eigenvalue weighted by molar-refractivity contribution is -0.154. The number of sulfone groups is 1. The molecule has 0 spiro atoms. The van der Waals surface area contributed by atoms with Crippen molar-refractivity contribution in [2.45, 2.75) is 70.8 Å². The van der Waals surface area contributed by atoms with Gasteiger partial charge in [-0.3, -0.25) is 9.59 Å². The molecular weight excluding hydrogens is 584 g/mol. The number of carbonyl (C=O) groups is 2. The molecule has 0 saturated carbocycles. The molecule has 2 aromatic rings. The second-order valence-electron chi connectivity index (χ2n) is 11.0. The normalized spacial score (nSPS) is 18.6. The largest absolute Gasteiger partial charge is 0.483 e. The smallest absolute Gasteiger partial charge is 0.325 e. The van der Waals surface area contributed by atoms with Crippen molar-refractivity contribution in [3.63, 3.8) is 0 Å². The first-order valence-corrected chi connectivity index (χ1v) is 15.7. The van der Waals surface area contributed by atoms with Crippen LogP contribution in [0.3, 0.4) is 0 Å². The Hall–Kier alpha value is -2.59. The summed E-state index contributed by atoms with van der Waals surface area (Å²) in [6.07, 6.45) is 3.46. The van der Waals surface area contributed by atoms with Gasteiger partial charge in [-0.2, -0.15) is 0 Å². The zero-order valence-electron chi connectivity index (χ0n) is 23.4. The van der Waals surface area contributed by atoms with Crippen LogP contribution in [0.4, 0.5) is 11.4 Å². The Morgan fingerprint density at radius 2 is 1.82 bits per heavy atom. The van der Waals surface area contributed by atoms with E-state index in [0.717, 1.165) is 31.4 Å². The number of ether oxygens (including phenoxy) is 2. The summed E-state index contributed by atoms with van der Waals surface area (Å²) in [5.41, 5.74) is 0.406. The fourth-order valence-corrected chi connectivity index (χ4v) is 7.34. The third-order valence-electron chi connectivity index (χ3n) is 6.72. The number of amides is 1. The fraction of sp³-hybridized carbons (Fsp3) is 0.517. The standard InChI is InChI=1S/C29H39BrN2O6S/c1-6-8-14-29(7-2)19-32(21-12-10-9-11-13-21)23-15-22(30)24(16-25(23)39(35,36)20-29)37-18-26(33)31-17-27(34)38-28(3,4)5/h9-13,15-16H,6-8,14,17-20H2,1-5H3,(H,31,33). The topological polar surface area (TPSA) is 102 Å². The summed E-state index contributed by atoms with van der Waals surface area (Å²) in [7, 11) is -3.69. The number of hydrogen-bond acceptors (Lipinski definition) is 7. The lowest BCUT2D eigenvalue weighted by Crippen LogP contribution is -2.37. The van der Waals surface area contributed by atoms with Gasteiger partial charge in [-0.1, -0.05) is 44.9 Å². The van der Waals surface area contributed by atoms with Gasteiger partial charge in [0.2, 0.25) is 0 Å². The van der Waals surface area contributed by atoms with Crippen molar-refractivity contribution < 1.29 is 27.5 Å². The van der Waals surface area contributed by atoms with Gasteiger partial charge in [0.05, 0.1) is 20.8 Å². The van der Waals surface area contributed by atoms with Gasteiger partial charge in [0.15, 0.2) is 16.4 Å². The predicted molar refractivity (Wildman–Crippen MR) is 156 cm³/mol. The molecule has 0 bridgehead atoms. The Labute approximate surface area is 240 Å². The second-order valence-corrected chi connectivity index (χ2v) is 13.9. The summed E-state index contributed by atoms with van der Waals surface area (Å²) in [5.74, 6) is -0.822. The molecule has 0 radical (unpaired) electrons. The summed E-state index contributed by atoms with van der Waals surface area (Å²) in [4.78, 5) is 26.5. The Balaban J connectivity index is 1.91. The maximum atomic E-state index is 13.9. The maximum absolute atomic E-state index is 13.9. The summed E-state index contributed by atoms with van der Waals surface area (Å²) in [5, 5.41) is 2.47. The Morgan fingerprint density at radius 1 is 1.13 bits per heavy atom. The van der Waals surface area contributed by atoms with Crippen LogP contribution in [0.5, 0.6) is 5.75 Å². The highest BCUT2D eigenvalue weighted by Crippen LogP contribution is 2.46. The fourth-order valence-electron chi connectivity index (χ4n) is 4.72. The van der Waals surface area contributed by atoms with Crippen LogP contribution >= 0.6 is 15.9 Å². The third-order valence-corrected chi connectivity index (χ3v) is 9.33. The lowest BCUT2D eigenvalue weighted by Gasteiger charge is -2.36. The number of rotatable bonds is 10. The molecule has 2 aromatic carbocycles. The molecule has 1 atom stereocenters.